The van der Waals surface area contributed by atoms with E-state index in [1.165, 1.54) is 16.7 Å². The first kappa shape index (κ1) is 18.7. The van der Waals surface area contributed by atoms with Crippen molar-refractivity contribution < 1.29 is 9.64 Å². The van der Waals surface area contributed by atoms with Crippen LogP contribution in [0, 0.1) is 13.8 Å². The van der Waals surface area contributed by atoms with Gasteiger partial charge in [0.25, 0.3) is 0 Å². The molecule has 138 valence electrons. The molecule has 1 heterocycles. The van der Waals surface area contributed by atoms with Gasteiger partial charge in [0.1, 0.15) is 12.3 Å². The summed E-state index contributed by atoms with van der Waals surface area (Å²) in [7, 11) is 1.70. The first-order valence-corrected chi connectivity index (χ1v) is 9.55. The predicted molar refractivity (Wildman–Crippen MR) is 111 cm³/mol. The molecule has 1 fully saturated rings. The van der Waals surface area contributed by atoms with Crippen molar-refractivity contribution >= 4 is 23.0 Å². The number of nitrogens with one attached hydrogen (secondary N) is 2. The van der Waals surface area contributed by atoms with E-state index in [0.29, 0.717) is 0 Å². The second-order valence-electron chi connectivity index (χ2n) is 7.01. The molecule has 3 rings (SSSR count). The molecule has 5 heteroatoms. The Labute approximate surface area is 161 Å². The normalized spacial score (nSPS) is 15.0. The summed E-state index contributed by atoms with van der Waals surface area (Å²) in [5.74, 6) is 0.913. The molecule has 0 spiro atoms. The van der Waals surface area contributed by atoms with Crippen LogP contribution < -0.4 is 15.0 Å². The number of piperazine rings is 1. The summed E-state index contributed by atoms with van der Waals surface area (Å²) in [6, 6.07) is 14.8. The lowest BCUT2D eigenvalue weighted by Gasteiger charge is -2.34. The Morgan fingerprint density at radius 2 is 1.81 bits per heavy atom. The van der Waals surface area contributed by atoms with Crippen molar-refractivity contribution in [1.82, 2.24) is 4.90 Å². The van der Waals surface area contributed by atoms with Gasteiger partial charge in [-0.2, -0.15) is 0 Å². The minimum atomic E-state index is 0.835. The van der Waals surface area contributed by atoms with Gasteiger partial charge in [-0.25, -0.2) is 0 Å². The molecule has 2 aromatic carbocycles. The minimum absolute atomic E-state index is 0.835. The van der Waals surface area contributed by atoms with Crippen LogP contribution in [0.1, 0.15) is 16.7 Å². The zero-order valence-corrected chi connectivity index (χ0v) is 16.7. The summed E-state index contributed by atoms with van der Waals surface area (Å²) < 4.78 is 5.23. The van der Waals surface area contributed by atoms with E-state index in [9.17, 15) is 0 Å². The average molecular weight is 371 g/mol. The Kier molecular flexibility index (Phi) is 6.12. The predicted octanol–water partition coefficient (Wildman–Crippen LogP) is 2.41. The van der Waals surface area contributed by atoms with Crippen LogP contribution in [0.2, 0.25) is 0 Å². The first-order chi connectivity index (χ1) is 12.5. The summed E-state index contributed by atoms with van der Waals surface area (Å²) in [6.45, 7) is 9.44. The Morgan fingerprint density at radius 3 is 2.46 bits per heavy atom. The van der Waals surface area contributed by atoms with Crippen molar-refractivity contribution in [3.63, 3.8) is 0 Å². The number of quaternary nitrogens is 1. The fourth-order valence-electron chi connectivity index (χ4n) is 3.30. The minimum Gasteiger partial charge on any atom is -0.497 e. The van der Waals surface area contributed by atoms with Gasteiger partial charge in [0, 0.05) is 11.3 Å². The molecule has 0 aromatic heterocycles. The van der Waals surface area contributed by atoms with Gasteiger partial charge in [-0.05, 0) is 67.5 Å². The number of hydrogen-bond acceptors (Lipinski definition) is 2. The molecule has 2 N–H and O–H groups in total. The number of methoxy groups -OCH3 is 1. The molecular formula is C21H28N3OS+. The van der Waals surface area contributed by atoms with Gasteiger partial charge in [-0.1, -0.05) is 12.1 Å². The van der Waals surface area contributed by atoms with E-state index in [4.69, 9.17) is 17.0 Å². The monoisotopic (exact) mass is 370 g/mol. The van der Waals surface area contributed by atoms with Crippen LogP contribution in [0.5, 0.6) is 5.75 Å². The Morgan fingerprint density at radius 1 is 1.12 bits per heavy atom. The standard InChI is InChI=1S/C21H27N3OS/c1-16-4-5-17(2)20(14-16)22-21(26)24-12-10-23(11-13-24)15-18-6-8-19(25-3)9-7-18/h4-9,14H,10-13,15H2,1-3H3,(H,22,26)/p+1. The van der Waals surface area contributed by atoms with Crippen molar-refractivity contribution in [2.45, 2.75) is 20.4 Å². The van der Waals surface area contributed by atoms with Gasteiger partial charge in [0.15, 0.2) is 5.11 Å². The lowest BCUT2D eigenvalue weighted by molar-refractivity contribution is -0.917. The summed E-state index contributed by atoms with van der Waals surface area (Å²) in [5, 5.41) is 4.27. The quantitative estimate of drug-likeness (QED) is 0.809. The third-order valence-electron chi connectivity index (χ3n) is 5.01. The van der Waals surface area contributed by atoms with E-state index in [1.54, 1.807) is 12.0 Å². The van der Waals surface area contributed by atoms with Crippen molar-refractivity contribution in [1.29, 1.82) is 0 Å². The molecule has 0 amide bonds. The fourth-order valence-corrected chi connectivity index (χ4v) is 3.59. The lowest BCUT2D eigenvalue weighted by Crippen LogP contribution is -3.13. The van der Waals surface area contributed by atoms with E-state index in [1.807, 2.05) is 12.1 Å². The smallest absolute Gasteiger partial charge is 0.173 e. The van der Waals surface area contributed by atoms with Gasteiger partial charge in [-0.3, -0.25) is 0 Å². The van der Waals surface area contributed by atoms with E-state index in [0.717, 1.165) is 49.3 Å². The Bertz CT molecular complexity index is 752. The zero-order valence-electron chi connectivity index (χ0n) is 15.8. The number of hydrogen-bond donors (Lipinski definition) is 2. The Balaban J connectivity index is 1.51. The van der Waals surface area contributed by atoms with Gasteiger partial charge < -0.3 is 19.9 Å². The molecule has 0 saturated carbocycles. The molecule has 26 heavy (non-hydrogen) atoms. The molecule has 0 radical (unpaired) electrons. The molecule has 1 aliphatic heterocycles. The molecule has 0 aliphatic carbocycles. The highest BCUT2D eigenvalue weighted by atomic mass is 32.1. The second kappa shape index (κ2) is 8.52. The van der Waals surface area contributed by atoms with Crippen LogP contribution in [0.25, 0.3) is 0 Å². The maximum atomic E-state index is 5.65. The van der Waals surface area contributed by atoms with E-state index >= 15 is 0 Å². The number of aryl methyl sites for hydroxylation is 2. The molecule has 0 bridgehead atoms. The average Bonchev–Trinajstić information content (AvgIpc) is 2.66. The number of rotatable bonds is 4. The summed E-state index contributed by atoms with van der Waals surface area (Å²) in [5.41, 5.74) is 4.93. The highest BCUT2D eigenvalue weighted by molar-refractivity contribution is 7.80. The second-order valence-corrected chi connectivity index (χ2v) is 7.40. The summed E-state index contributed by atoms with van der Waals surface area (Å²) in [4.78, 5) is 3.88. The van der Waals surface area contributed by atoms with Crippen LogP contribution in [0.3, 0.4) is 0 Å². The topological polar surface area (TPSA) is 28.9 Å². The van der Waals surface area contributed by atoms with Crippen molar-refractivity contribution in [2.24, 2.45) is 0 Å². The maximum Gasteiger partial charge on any atom is 0.173 e. The highest BCUT2D eigenvalue weighted by Gasteiger charge is 2.22. The van der Waals surface area contributed by atoms with E-state index in [2.05, 4.69) is 54.4 Å². The molecule has 2 aromatic rings. The Hall–Kier alpha value is -2.11. The van der Waals surface area contributed by atoms with E-state index in [-0.39, 0.29) is 0 Å². The van der Waals surface area contributed by atoms with Crippen LogP contribution in [0.15, 0.2) is 42.5 Å². The number of anilines is 1. The molecular weight excluding hydrogens is 342 g/mol. The van der Waals surface area contributed by atoms with Gasteiger partial charge in [-0.15, -0.1) is 0 Å². The van der Waals surface area contributed by atoms with Crippen LogP contribution in [-0.2, 0) is 6.54 Å². The van der Waals surface area contributed by atoms with Gasteiger partial charge >= 0.3 is 0 Å². The van der Waals surface area contributed by atoms with Crippen LogP contribution >= 0.6 is 12.2 Å². The number of thiocarbonyl (C=S) groups is 1. The first-order valence-electron chi connectivity index (χ1n) is 9.15. The molecule has 1 aliphatic rings. The molecule has 1 saturated heterocycles. The van der Waals surface area contributed by atoms with Gasteiger partial charge in [0.05, 0.1) is 33.3 Å². The molecule has 0 unspecified atom stereocenters. The lowest BCUT2D eigenvalue weighted by atomic mass is 10.1. The van der Waals surface area contributed by atoms with Crippen LogP contribution in [-0.4, -0.2) is 43.3 Å². The largest absolute Gasteiger partial charge is 0.497 e. The van der Waals surface area contributed by atoms with Gasteiger partial charge in [0.2, 0.25) is 0 Å². The fraction of sp³-hybridized carbons (Fsp3) is 0.381. The van der Waals surface area contributed by atoms with Crippen LogP contribution in [0.4, 0.5) is 5.69 Å². The molecule has 4 nitrogen and oxygen atoms in total. The highest BCUT2D eigenvalue weighted by Crippen LogP contribution is 2.17. The third-order valence-corrected chi connectivity index (χ3v) is 5.37. The number of nitrogens with zero attached hydrogens (tertiary/aromatic N) is 1. The number of ether oxygens (including phenoxy) is 1. The van der Waals surface area contributed by atoms with E-state index < -0.39 is 0 Å². The maximum absolute atomic E-state index is 5.65. The summed E-state index contributed by atoms with van der Waals surface area (Å²) >= 11 is 5.65. The summed E-state index contributed by atoms with van der Waals surface area (Å²) in [6.07, 6.45) is 0. The third kappa shape index (κ3) is 4.74. The van der Waals surface area contributed by atoms with Crippen molar-refractivity contribution in [3.05, 3.63) is 59.2 Å². The molecule has 0 atom stereocenters. The van der Waals surface area contributed by atoms with Crippen molar-refractivity contribution in [2.75, 3.05) is 38.6 Å². The SMILES string of the molecule is COc1ccc(C[NH+]2CCN(C(=S)Nc3cc(C)ccc3C)CC2)cc1. The van der Waals surface area contributed by atoms with Crippen molar-refractivity contribution in [3.8, 4) is 5.75 Å². The number of benzene rings is 2. The zero-order chi connectivity index (χ0) is 18.5.